The number of aromatic nitrogens is 1. The Bertz CT molecular complexity index is 1040. The predicted octanol–water partition coefficient (Wildman–Crippen LogP) is 5.08. The monoisotopic (exact) mass is 413 g/mol. The van der Waals surface area contributed by atoms with Crippen LogP contribution in [0.25, 0.3) is 10.9 Å². The van der Waals surface area contributed by atoms with Gasteiger partial charge in [0.05, 0.1) is 11.9 Å². The Morgan fingerprint density at radius 1 is 1.18 bits per heavy atom. The second kappa shape index (κ2) is 7.38. The van der Waals surface area contributed by atoms with E-state index in [1.807, 2.05) is 0 Å². The molecule has 0 fully saturated rings. The maximum absolute atomic E-state index is 13.9. The summed E-state index contributed by atoms with van der Waals surface area (Å²) in [4.78, 5) is 11.2. The zero-order valence-corrected chi connectivity index (χ0v) is 15.4. The van der Waals surface area contributed by atoms with Crippen LogP contribution >= 0.6 is 11.8 Å². The average molecular weight is 413 g/mol. The second-order valence-corrected chi connectivity index (χ2v) is 7.37. The van der Waals surface area contributed by atoms with Crippen molar-refractivity contribution in [2.45, 2.75) is 30.3 Å². The molecule has 1 aromatic heterocycles. The van der Waals surface area contributed by atoms with E-state index in [1.165, 1.54) is 30.3 Å². The van der Waals surface area contributed by atoms with Gasteiger partial charge in [0.15, 0.2) is 11.6 Å². The van der Waals surface area contributed by atoms with E-state index in [2.05, 4.69) is 0 Å². The summed E-state index contributed by atoms with van der Waals surface area (Å²) in [5.41, 5.74) is -2.28. The number of carbonyl (C=O) groups is 1. The maximum Gasteiger partial charge on any atom is 0.446 e. The molecule has 4 nitrogen and oxygen atoms in total. The molecule has 0 saturated heterocycles. The molecule has 9 heteroatoms. The molecule has 0 aliphatic carbocycles. The lowest BCUT2D eigenvalue weighted by atomic mass is 10.1. The second-order valence-electron chi connectivity index (χ2n) is 6.23. The van der Waals surface area contributed by atoms with Crippen molar-refractivity contribution in [1.29, 1.82) is 0 Å². The first-order valence-electron chi connectivity index (χ1n) is 8.12. The van der Waals surface area contributed by atoms with Crippen LogP contribution in [0.2, 0.25) is 0 Å². The fourth-order valence-electron chi connectivity index (χ4n) is 3.11. The molecular formula is C19H15F4NO3S. The number of halogens is 4. The molecule has 1 heterocycles. The Balaban J connectivity index is 2.02. The van der Waals surface area contributed by atoms with Gasteiger partial charge in [-0.05, 0) is 48.0 Å². The van der Waals surface area contributed by atoms with E-state index in [9.17, 15) is 27.5 Å². The highest BCUT2D eigenvalue weighted by molar-refractivity contribution is 8.00. The molecule has 2 aromatic carbocycles. The topological polar surface area (TPSA) is 62.5 Å². The first-order chi connectivity index (χ1) is 13.0. The third-order valence-electron chi connectivity index (χ3n) is 4.35. The van der Waals surface area contributed by atoms with Crippen LogP contribution in [0.5, 0.6) is 5.75 Å². The molecule has 148 valence electrons. The number of thioether (sulfide) groups is 1. The number of phenols is 1. The van der Waals surface area contributed by atoms with Gasteiger partial charge in [-0.25, -0.2) is 4.39 Å². The zero-order chi connectivity index (χ0) is 20.6. The van der Waals surface area contributed by atoms with Crippen molar-refractivity contribution in [3.63, 3.8) is 0 Å². The van der Waals surface area contributed by atoms with Gasteiger partial charge in [-0.15, -0.1) is 0 Å². The van der Waals surface area contributed by atoms with E-state index in [1.54, 1.807) is 11.5 Å². The van der Waals surface area contributed by atoms with Crippen molar-refractivity contribution < 1.29 is 32.6 Å². The lowest BCUT2D eigenvalue weighted by Gasteiger charge is -2.11. The number of phenolic OH excluding ortho intramolecular Hbond substituents is 1. The van der Waals surface area contributed by atoms with Crippen LogP contribution in [0.3, 0.4) is 0 Å². The van der Waals surface area contributed by atoms with Crippen molar-refractivity contribution >= 4 is 28.6 Å². The van der Waals surface area contributed by atoms with E-state index < -0.39 is 23.0 Å². The largest absolute Gasteiger partial charge is 0.505 e. The molecule has 28 heavy (non-hydrogen) atoms. The van der Waals surface area contributed by atoms with Crippen LogP contribution < -0.4 is 0 Å². The van der Waals surface area contributed by atoms with E-state index in [0.717, 1.165) is 6.07 Å². The lowest BCUT2D eigenvalue weighted by Crippen LogP contribution is -2.05. The van der Waals surface area contributed by atoms with Gasteiger partial charge < -0.3 is 14.8 Å². The molecule has 0 bridgehead atoms. The van der Waals surface area contributed by atoms with Gasteiger partial charge in [0.2, 0.25) is 0 Å². The van der Waals surface area contributed by atoms with E-state index in [4.69, 9.17) is 5.11 Å². The lowest BCUT2D eigenvalue weighted by molar-refractivity contribution is -0.136. The van der Waals surface area contributed by atoms with Crippen LogP contribution in [0, 0.1) is 12.7 Å². The zero-order valence-electron chi connectivity index (χ0n) is 14.5. The molecule has 0 spiro atoms. The fourth-order valence-corrected chi connectivity index (χ4v) is 3.65. The molecule has 3 rings (SSSR count). The summed E-state index contributed by atoms with van der Waals surface area (Å²) in [6.07, 6.45) is -0.304. The Morgan fingerprint density at radius 3 is 2.39 bits per heavy atom. The Labute approximate surface area is 161 Å². The van der Waals surface area contributed by atoms with Gasteiger partial charge >= 0.3 is 11.5 Å². The van der Waals surface area contributed by atoms with Crippen molar-refractivity contribution in [2.75, 3.05) is 0 Å². The third-order valence-corrected chi connectivity index (χ3v) is 5.09. The summed E-state index contributed by atoms with van der Waals surface area (Å²) >= 11 is -0.213. The number of benzene rings is 2. The number of aromatic hydroxyl groups is 1. The normalized spacial score (nSPS) is 11.9. The van der Waals surface area contributed by atoms with Gasteiger partial charge in [-0.2, -0.15) is 13.2 Å². The summed E-state index contributed by atoms with van der Waals surface area (Å²) in [6.45, 7) is 1.89. The van der Waals surface area contributed by atoms with Crippen molar-refractivity contribution in [2.24, 2.45) is 0 Å². The number of carboxylic acids is 1. The number of hydrogen-bond donors (Lipinski definition) is 2. The minimum atomic E-state index is -4.38. The Hall–Kier alpha value is -2.68. The van der Waals surface area contributed by atoms with Crippen LogP contribution in [-0.4, -0.2) is 26.3 Å². The van der Waals surface area contributed by atoms with Crippen LogP contribution in [-0.2, 0) is 17.8 Å². The number of nitrogens with zero attached hydrogens (tertiary/aromatic N) is 1. The molecule has 0 saturated carbocycles. The Kier molecular flexibility index (Phi) is 5.29. The molecule has 0 radical (unpaired) electrons. The number of rotatable bonds is 5. The maximum atomic E-state index is 13.9. The molecular weight excluding hydrogens is 398 g/mol. The van der Waals surface area contributed by atoms with E-state index in [0.29, 0.717) is 27.7 Å². The molecule has 0 unspecified atom stereocenters. The van der Waals surface area contributed by atoms with Gasteiger partial charge in [0.1, 0.15) is 0 Å². The minimum absolute atomic E-state index is 0.0490. The van der Waals surface area contributed by atoms with Gasteiger partial charge in [-0.3, -0.25) is 4.79 Å². The summed E-state index contributed by atoms with van der Waals surface area (Å²) < 4.78 is 52.9. The number of carboxylic acid groups (broad SMARTS) is 1. The van der Waals surface area contributed by atoms with Crippen LogP contribution in [0.4, 0.5) is 17.6 Å². The number of alkyl halides is 3. The molecule has 0 atom stereocenters. The fraction of sp³-hybridized carbons (Fsp3) is 0.211. The third kappa shape index (κ3) is 4.24. The van der Waals surface area contributed by atoms with Crippen LogP contribution in [0.15, 0.2) is 41.3 Å². The highest BCUT2D eigenvalue weighted by Crippen LogP contribution is 2.37. The molecule has 2 N–H and O–H groups in total. The smallest absolute Gasteiger partial charge is 0.446 e. The standard InChI is InChI=1S/C19H15F4NO3S/c1-10-13(7-18(26)27)14-6-17(25)15(20)8-16(14)24(10)9-11-2-4-12(5-3-11)28-19(21,22)23/h2-6,8,25H,7,9H2,1H3,(H,26,27). The first-order valence-corrected chi connectivity index (χ1v) is 8.93. The number of fused-ring (bicyclic) bond motifs is 1. The summed E-state index contributed by atoms with van der Waals surface area (Å²) in [7, 11) is 0. The average Bonchev–Trinajstić information content (AvgIpc) is 2.81. The van der Waals surface area contributed by atoms with Gasteiger partial charge in [0.25, 0.3) is 0 Å². The van der Waals surface area contributed by atoms with E-state index in [-0.39, 0.29) is 29.6 Å². The highest BCUT2D eigenvalue weighted by atomic mass is 32.2. The SMILES string of the molecule is Cc1c(CC(=O)O)c2cc(O)c(F)cc2n1Cc1ccc(SC(F)(F)F)cc1. The van der Waals surface area contributed by atoms with Crippen molar-refractivity contribution in [3.05, 3.63) is 59.0 Å². The summed E-state index contributed by atoms with van der Waals surface area (Å²) in [6, 6.07) is 8.07. The van der Waals surface area contributed by atoms with Crippen molar-refractivity contribution in [3.8, 4) is 5.75 Å². The quantitative estimate of drug-likeness (QED) is 0.452. The summed E-state index contributed by atoms with van der Waals surface area (Å²) in [5, 5.41) is 19.2. The predicted molar refractivity (Wildman–Crippen MR) is 97.1 cm³/mol. The molecule has 0 aliphatic rings. The van der Waals surface area contributed by atoms with E-state index >= 15 is 0 Å². The molecule has 0 aliphatic heterocycles. The van der Waals surface area contributed by atoms with Gasteiger partial charge in [-0.1, -0.05) is 12.1 Å². The Morgan fingerprint density at radius 2 is 1.82 bits per heavy atom. The first kappa shape index (κ1) is 20.1. The summed E-state index contributed by atoms with van der Waals surface area (Å²) in [5.74, 6) is -2.49. The minimum Gasteiger partial charge on any atom is -0.505 e. The van der Waals surface area contributed by atoms with Crippen molar-refractivity contribution in [1.82, 2.24) is 4.57 Å². The highest BCUT2D eigenvalue weighted by Gasteiger charge is 2.29. The van der Waals surface area contributed by atoms with Crippen LogP contribution in [0.1, 0.15) is 16.8 Å². The molecule has 0 amide bonds. The number of aliphatic carboxylic acids is 1. The number of hydrogen-bond acceptors (Lipinski definition) is 3. The van der Waals surface area contributed by atoms with Gasteiger partial charge in [0, 0.05) is 28.6 Å². The molecule has 3 aromatic rings.